The van der Waals surface area contributed by atoms with Gasteiger partial charge in [0.05, 0.1) is 16.6 Å². The number of carbonyl (C=O) groups excluding carboxylic acids is 3. The van der Waals surface area contributed by atoms with E-state index < -0.39 is 24.4 Å². The molecule has 2 aromatic rings. The minimum absolute atomic E-state index is 0.0134. The molecule has 0 spiro atoms. The van der Waals surface area contributed by atoms with Crippen molar-refractivity contribution < 1.29 is 19.1 Å². The van der Waals surface area contributed by atoms with E-state index in [-0.39, 0.29) is 18.9 Å². The standard InChI is InChI=1S/C21H20Cl2N2O4/c1-12-3-5-16(7-13(12)2)24-19(26)11-29-21(28)14-8-20(27)25(10-14)18-9-15(22)4-6-17(18)23/h3-7,9,14H,8,10-11H2,1-2H3,(H,24,26)/t14-/m1/s1. The number of hydrogen-bond donors (Lipinski definition) is 1. The summed E-state index contributed by atoms with van der Waals surface area (Å²) in [5.41, 5.74) is 3.24. The fraction of sp³-hybridized carbons (Fsp3) is 0.286. The van der Waals surface area contributed by atoms with E-state index in [0.717, 1.165) is 11.1 Å². The minimum atomic E-state index is -0.674. The Morgan fingerprint density at radius 2 is 1.90 bits per heavy atom. The Morgan fingerprint density at radius 3 is 2.62 bits per heavy atom. The van der Waals surface area contributed by atoms with Crippen molar-refractivity contribution in [1.29, 1.82) is 0 Å². The van der Waals surface area contributed by atoms with Gasteiger partial charge in [-0.3, -0.25) is 14.4 Å². The van der Waals surface area contributed by atoms with Crippen LogP contribution >= 0.6 is 23.2 Å². The molecular weight excluding hydrogens is 415 g/mol. The summed E-state index contributed by atoms with van der Waals surface area (Å²) < 4.78 is 5.11. The average Bonchev–Trinajstić information content (AvgIpc) is 3.06. The Kier molecular flexibility index (Phi) is 6.45. The van der Waals surface area contributed by atoms with E-state index in [1.165, 1.54) is 4.90 Å². The molecule has 2 amide bonds. The molecule has 152 valence electrons. The summed E-state index contributed by atoms with van der Waals surface area (Å²) in [6.45, 7) is 3.62. The van der Waals surface area contributed by atoms with Gasteiger partial charge in [0.2, 0.25) is 5.91 Å². The highest BCUT2D eigenvalue weighted by Crippen LogP contribution is 2.33. The van der Waals surface area contributed by atoms with Gasteiger partial charge in [0, 0.05) is 23.7 Å². The van der Waals surface area contributed by atoms with Crippen molar-refractivity contribution in [1.82, 2.24) is 0 Å². The predicted octanol–water partition coefficient (Wildman–Crippen LogP) is 4.15. The van der Waals surface area contributed by atoms with Crippen LogP contribution in [0, 0.1) is 19.8 Å². The molecule has 1 saturated heterocycles. The van der Waals surface area contributed by atoms with Crippen LogP contribution in [0.1, 0.15) is 17.5 Å². The molecule has 29 heavy (non-hydrogen) atoms. The first-order valence-electron chi connectivity index (χ1n) is 9.03. The van der Waals surface area contributed by atoms with Gasteiger partial charge in [0.15, 0.2) is 6.61 Å². The van der Waals surface area contributed by atoms with E-state index in [9.17, 15) is 14.4 Å². The highest BCUT2D eigenvalue weighted by Gasteiger charge is 2.37. The molecule has 8 heteroatoms. The lowest BCUT2D eigenvalue weighted by Gasteiger charge is -2.18. The van der Waals surface area contributed by atoms with Crippen molar-refractivity contribution in [2.75, 3.05) is 23.4 Å². The van der Waals surface area contributed by atoms with E-state index in [4.69, 9.17) is 27.9 Å². The first kappa shape index (κ1) is 21.1. The topological polar surface area (TPSA) is 75.7 Å². The van der Waals surface area contributed by atoms with E-state index in [1.807, 2.05) is 26.0 Å². The number of anilines is 2. The molecule has 3 rings (SSSR count). The Bertz CT molecular complexity index is 977. The number of halogens is 2. The predicted molar refractivity (Wildman–Crippen MR) is 112 cm³/mol. The normalized spacial score (nSPS) is 16.1. The zero-order valence-electron chi connectivity index (χ0n) is 16.0. The number of aryl methyl sites for hydroxylation is 2. The van der Waals surface area contributed by atoms with Gasteiger partial charge >= 0.3 is 5.97 Å². The van der Waals surface area contributed by atoms with Crippen molar-refractivity contribution >= 4 is 52.4 Å². The van der Waals surface area contributed by atoms with Gasteiger partial charge in [-0.2, -0.15) is 0 Å². The molecule has 0 bridgehead atoms. The van der Waals surface area contributed by atoms with Crippen LogP contribution in [0.3, 0.4) is 0 Å². The van der Waals surface area contributed by atoms with Gasteiger partial charge in [0.1, 0.15) is 0 Å². The van der Waals surface area contributed by atoms with Gasteiger partial charge < -0.3 is 15.0 Å². The second-order valence-electron chi connectivity index (χ2n) is 6.96. The smallest absolute Gasteiger partial charge is 0.311 e. The van der Waals surface area contributed by atoms with Gasteiger partial charge in [-0.1, -0.05) is 29.3 Å². The molecule has 1 atom stereocenters. The molecule has 1 N–H and O–H groups in total. The Hall–Kier alpha value is -2.57. The fourth-order valence-corrected chi connectivity index (χ4v) is 3.45. The van der Waals surface area contributed by atoms with Crippen molar-refractivity contribution in [3.05, 3.63) is 57.6 Å². The summed E-state index contributed by atoms with van der Waals surface area (Å²) in [6, 6.07) is 10.3. The largest absolute Gasteiger partial charge is 0.455 e. The van der Waals surface area contributed by atoms with E-state index in [1.54, 1.807) is 24.3 Å². The molecule has 1 aliphatic heterocycles. The third kappa shape index (κ3) is 5.08. The maximum Gasteiger partial charge on any atom is 0.311 e. The first-order chi connectivity index (χ1) is 13.7. The molecule has 1 aliphatic rings. The average molecular weight is 435 g/mol. The summed E-state index contributed by atoms with van der Waals surface area (Å²) in [6.07, 6.45) is -0.0134. The van der Waals surface area contributed by atoms with Crippen LogP contribution in [-0.4, -0.2) is 30.9 Å². The van der Waals surface area contributed by atoms with Crippen molar-refractivity contribution in [3.63, 3.8) is 0 Å². The van der Waals surface area contributed by atoms with Crippen LogP contribution in [0.5, 0.6) is 0 Å². The lowest BCUT2D eigenvalue weighted by molar-refractivity contribution is -0.151. The maximum absolute atomic E-state index is 12.3. The summed E-state index contributed by atoms with van der Waals surface area (Å²) >= 11 is 12.1. The lowest BCUT2D eigenvalue weighted by Crippen LogP contribution is -2.28. The number of rotatable bonds is 5. The van der Waals surface area contributed by atoms with Crippen molar-refractivity contribution in [2.24, 2.45) is 5.92 Å². The lowest BCUT2D eigenvalue weighted by atomic mass is 10.1. The first-order valence-corrected chi connectivity index (χ1v) is 9.79. The van der Waals surface area contributed by atoms with E-state index in [0.29, 0.717) is 21.4 Å². The van der Waals surface area contributed by atoms with Crippen LogP contribution in [0.15, 0.2) is 36.4 Å². The number of esters is 1. The number of carbonyl (C=O) groups is 3. The van der Waals surface area contributed by atoms with Crippen LogP contribution in [0.25, 0.3) is 0 Å². The number of amides is 2. The third-order valence-electron chi connectivity index (χ3n) is 4.79. The van der Waals surface area contributed by atoms with Crippen LogP contribution in [0.4, 0.5) is 11.4 Å². The van der Waals surface area contributed by atoms with Crippen LogP contribution in [0.2, 0.25) is 10.0 Å². The number of ether oxygens (including phenoxy) is 1. The highest BCUT2D eigenvalue weighted by molar-refractivity contribution is 6.35. The van der Waals surface area contributed by atoms with Crippen LogP contribution < -0.4 is 10.2 Å². The Balaban J connectivity index is 1.56. The molecule has 0 aliphatic carbocycles. The van der Waals surface area contributed by atoms with E-state index in [2.05, 4.69) is 5.32 Å². The monoisotopic (exact) mass is 434 g/mol. The molecule has 6 nitrogen and oxygen atoms in total. The summed E-state index contributed by atoms with van der Waals surface area (Å²) in [7, 11) is 0. The summed E-state index contributed by atoms with van der Waals surface area (Å²) in [5.74, 6) is -1.97. The van der Waals surface area contributed by atoms with Gasteiger partial charge in [-0.25, -0.2) is 0 Å². The zero-order valence-corrected chi connectivity index (χ0v) is 17.5. The molecule has 0 radical (unpaired) electrons. The number of nitrogens with zero attached hydrogens (tertiary/aromatic N) is 1. The van der Waals surface area contributed by atoms with Crippen molar-refractivity contribution in [2.45, 2.75) is 20.3 Å². The molecular formula is C21H20Cl2N2O4. The fourth-order valence-electron chi connectivity index (χ4n) is 3.06. The minimum Gasteiger partial charge on any atom is -0.455 e. The third-order valence-corrected chi connectivity index (χ3v) is 5.35. The maximum atomic E-state index is 12.3. The molecule has 2 aromatic carbocycles. The number of nitrogens with one attached hydrogen (secondary N) is 1. The van der Waals surface area contributed by atoms with Gasteiger partial charge in [-0.15, -0.1) is 0 Å². The van der Waals surface area contributed by atoms with Gasteiger partial charge in [0.25, 0.3) is 5.91 Å². The molecule has 0 unspecified atom stereocenters. The molecule has 1 fully saturated rings. The molecule has 1 heterocycles. The summed E-state index contributed by atoms with van der Waals surface area (Å²) in [4.78, 5) is 38.1. The Labute approximate surface area is 178 Å². The second-order valence-corrected chi connectivity index (χ2v) is 7.80. The Morgan fingerprint density at radius 1 is 1.14 bits per heavy atom. The molecule has 0 saturated carbocycles. The zero-order chi connectivity index (χ0) is 21.1. The SMILES string of the molecule is Cc1ccc(NC(=O)COC(=O)[C@@H]2CC(=O)N(c3cc(Cl)ccc3Cl)C2)cc1C. The highest BCUT2D eigenvalue weighted by atomic mass is 35.5. The number of hydrogen-bond acceptors (Lipinski definition) is 4. The van der Waals surface area contributed by atoms with Crippen LogP contribution in [-0.2, 0) is 19.1 Å². The summed E-state index contributed by atoms with van der Waals surface area (Å²) in [5, 5.41) is 3.49. The second kappa shape index (κ2) is 8.84. The van der Waals surface area contributed by atoms with Crippen molar-refractivity contribution in [3.8, 4) is 0 Å². The van der Waals surface area contributed by atoms with E-state index >= 15 is 0 Å². The van der Waals surface area contributed by atoms with Gasteiger partial charge in [-0.05, 0) is 55.3 Å². The number of benzene rings is 2. The quantitative estimate of drug-likeness (QED) is 0.717. The molecule has 0 aromatic heterocycles.